The molecule has 9 nitrogen and oxygen atoms in total. The highest BCUT2D eigenvalue weighted by atomic mass is 16.5. The van der Waals surface area contributed by atoms with Crippen molar-refractivity contribution in [2.24, 2.45) is 7.05 Å². The Bertz CT molecular complexity index is 1650. The Morgan fingerprint density at radius 1 is 1.05 bits per heavy atom. The number of hydrogen-bond donors (Lipinski definition) is 2. The van der Waals surface area contributed by atoms with Gasteiger partial charge in [0, 0.05) is 38.4 Å². The van der Waals surface area contributed by atoms with E-state index < -0.39 is 0 Å². The van der Waals surface area contributed by atoms with E-state index in [1.54, 1.807) is 12.7 Å². The van der Waals surface area contributed by atoms with Crippen LogP contribution in [0.3, 0.4) is 0 Å². The summed E-state index contributed by atoms with van der Waals surface area (Å²) in [5, 5.41) is 7.86. The maximum absolute atomic E-state index is 6.30. The molecule has 0 radical (unpaired) electrons. The maximum Gasteiger partial charge on any atom is 0.155 e. The number of anilines is 3. The molecule has 2 aromatic heterocycles. The van der Waals surface area contributed by atoms with Gasteiger partial charge in [0.2, 0.25) is 0 Å². The third-order valence-electron chi connectivity index (χ3n) is 7.18. The van der Waals surface area contributed by atoms with Crippen LogP contribution in [0.25, 0.3) is 21.9 Å². The summed E-state index contributed by atoms with van der Waals surface area (Å²) in [6.45, 7) is 5.53. The van der Waals surface area contributed by atoms with Gasteiger partial charge in [-0.25, -0.2) is 15.0 Å². The molecule has 5 aromatic rings. The van der Waals surface area contributed by atoms with Gasteiger partial charge in [0.15, 0.2) is 5.75 Å². The Hall–Kier alpha value is -4.37. The molecule has 0 aliphatic carbocycles. The Morgan fingerprint density at radius 3 is 2.92 bits per heavy atom. The first kappa shape index (κ1) is 21.9. The number of imidazole rings is 1. The van der Waals surface area contributed by atoms with Crippen LogP contribution in [0.4, 0.5) is 17.2 Å². The standard InChI is InChI=1S/C28H27N7O2/c1-17-11-18(3-8-25(17)37-20-4-6-23-22(12-20)32-16-34(23)2)33-28-26-21(30-15-31-28)5-7-24-27(26)36-14-19-13-29-9-10-35(19)24/h3-8,11-12,15-16,19,29H,9-10,13-14H2,1-2H3,(H,30,31,33)/t19-/m1/s1. The van der Waals surface area contributed by atoms with Crippen LogP contribution in [0.1, 0.15) is 5.56 Å². The largest absolute Gasteiger partial charge is 0.488 e. The van der Waals surface area contributed by atoms with Gasteiger partial charge in [0.25, 0.3) is 0 Å². The molecular formula is C28H27N7O2. The van der Waals surface area contributed by atoms with Crippen LogP contribution in [0.15, 0.2) is 61.2 Å². The second-order valence-corrected chi connectivity index (χ2v) is 9.61. The molecule has 7 rings (SSSR count). The Balaban J connectivity index is 1.19. The van der Waals surface area contributed by atoms with Crippen molar-refractivity contribution in [1.82, 2.24) is 24.8 Å². The molecule has 3 aromatic carbocycles. The van der Waals surface area contributed by atoms with Gasteiger partial charge in [0.05, 0.1) is 40.0 Å². The summed E-state index contributed by atoms with van der Waals surface area (Å²) in [7, 11) is 1.98. The van der Waals surface area contributed by atoms with Crippen molar-refractivity contribution < 1.29 is 9.47 Å². The molecule has 0 bridgehead atoms. The molecule has 1 saturated heterocycles. The number of piperazine rings is 1. The van der Waals surface area contributed by atoms with E-state index in [1.165, 1.54) is 0 Å². The molecule has 0 spiro atoms. The van der Waals surface area contributed by atoms with E-state index in [4.69, 9.17) is 9.47 Å². The van der Waals surface area contributed by atoms with Crippen molar-refractivity contribution in [3.8, 4) is 17.2 Å². The normalized spacial score (nSPS) is 16.8. The van der Waals surface area contributed by atoms with Crippen molar-refractivity contribution in [3.05, 3.63) is 66.7 Å². The van der Waals surface area contributed by atoms with Crippen LogP contribution in [0.5, 0.6) is 17.2 Å². The first-order chi connectivity index (χ1) is 18.1. The molecule has 2 N–H and O–H groups in total. The van der Waals surface area contributed by atoms with Crippen LogP contribution in [-0.2, 0) is 7.05 Å². The highest BCUT2D eigenvalue weighted by molar-refractivity contribution is 6.00. The third-order valence-corrected chi connectivity index (χ3v) is 7.18. The van der Waals surface area contributed by atoms with Crippen LogP contribution in [0.2, 0.25) is 0 Å². The van der Waals surface area contributed by atoms with Gasteiger partial charge in [-0.05, 0) is 55.0 Å². The molecule has 0 unspecified atom stereocenters. The second kappa shape index (κ2) is 8.63. The van der Waals surface area contributed by atoms with E-state index in [-0.39, 0.29) is 0 Å². The number of benzene rings is 3. The molecule has 1 atom stereocenters. The monoisotopic (exact) mass is 493 g/mol. The zero-order valence-corrected chi connectivity index (χ0v) is 20.7. The van der Waals surface area contributed by atoms with Gasteiger partial charge in [-0.3, -0.25) is 0 Å². The maximum atomic E-state index is 6.30. The van der Waals surface area contributed by atoms with E-state index in [1.807, 2.05) is 48.9 Å². The number of fused-ring (bicyclic) bond motifs is 6. The van der Waals surface area contributed by atoms with E-state index in [0.717, 1.165) is 81.6 Å². The molecule has 1 fully saturated rings. The average Bonchev–Trinajstić information content (AvgIpc) is 3.29. The second-order valence-electron chi connectivity index (χ2n) is 9.61. The van der Waals surface area contributed by atoms with E-state index >= 15 is 0 Å². The third kappa shape index (κ3) is 3.79. The first-order valence-electron chi connectivity index (χ1n) is 12.5. The number of aromatic nitrogens is 4. The molecule has 9 heteroatoms. The van der Waals surface area contributed by atoms with Crippen LogP contribution in [-0.4, -0.2) is 51.8 Å². The van der Waals surface area contributed by atoms with E-state index in [0.29, 0.717) is 12.6 Å². The lowest BCUT2D eigenvalue weighted by Crippen LogP contribution is -2.55. The number of ether oxygens (including phenoxy) is 2. The Labute approximate surface area is 214 Å². The minimum atomic E-state index is 0.341. The lowest BCUT2D eigenvalue weighted by atomic mass is 10.1. The summed E-state index contributed by atoms with van der Waals surface area (Å²) in [4.78, 5) is 16.0. The summed E-state index contributed by atoms with van der Waals surface area (Å²) < 4.78 is 14.5. The van der Waals surface area contributed by atoms with Crippen molar-refractivity contribution in [2.75, 3.05) is 36.5 Å². The number of aryl methyl sites for hydroxylation is 2. The van der Waals surface area contributed by atoms with Gasteiger partial charge >= 0.3 is 0 Å². The summed E-state index contributed by atoms with van der Waals surface area (Å²) >= 11 is 0. The topological polar surface area (TPSA) is 89.4 Å². The van der Waals surface area contributed by atoms with Gasteiger partial charge in [-0.15, -0.1) is 0 Å². The number of hydrogen-bond acceptors (Lipinski definition) is 8. The van der Waals surface area contributed by atoms with E-state index in [2.05, 4.69) is 48.7 Å². The van der Waals surface area contributed by atoms with Crippen LogP contribution < -0.4 is 25.0 Å². The fourth-order valence-electron chi connectivity index (χ4n) is 5.27. The molecule has 2 aliphatic heterocycles. The molecule has 0 saturated carbocycles. The minimum Gasteiger partial charge on any atom is -0.488 e. The van der Waals surface area contributed by atoms with Crippen molar-refractivity contribution in [3.63, 3.8) is 0 Å². The van der Waals surface area contributed by atoms with Crippen molar-refractivity contribution >= 4 is 39.1 Å². The Kier molecular flexibility index (Phi) is 5.10. The average molecular weight is 494 g/mol. The zero-order valence-electron chi connectivity index (χ0n) is 20.7. The van der Waals surface area contributed by atoms with Crippen LogP contribution >= 0.6 is 0 Å². The van der Waals surface area contributed by atoms with Gasteiger partial charge in [-0.1, -0.05) is 0 Å². The number of nitrogens with zero attached hydrogens (tertiary/aromatic N) is 5. The predicted molar refractivity (Wildman–Crippen MR) is 144 cm³/mol. The number of nitrogens with one attached hydrogen (secondary N) is 2. The Morgan fingerprint density at radius 2 is 2.00 bits per heavy atom. The molecule has 0 amide bonds. The van der Waals surface area contributed by atoms with Gasteiger partial charge < -0.3 is 29.6 Å². The van der Waals surface area contributed by atoms with Crippen molar-refractivity contribution in [2.45, 2.75) is 13.0 Å². The van der Waals surface area contributed by atoms with Gasteiger partial charge in [0.1, 0.15) is 30.3 Å². The molecule has 2 aliphatic rings. The quantitative estimate of drug-likeness (QED) is 0.378. The van der Waals surface area contributed by atoms with Gasteiger partial charge in [-0.2, -0.15) is 0 Å². The highest BCUT2D eigenvalue weighted by Gasteiger charge is 2.31. The lowest BCUT2D eigenvalue weighted by molar-refractivity contribution is 0.250. The summed E-state index contributed by atoms with van der Waals surface area (Å²) in [6, 6.07) is 16.5. The van der Waals surface area contributed by atoms with E-state index in [9.17, 15) is 0 Å². The highest BCUT2D eigenvalue weighted by Crippen LogP contribution is 2.43. The SMILES string of the molecule is Cc1cc(Nc2ncnc3ccc4c(c23)OC[C@H]2CNCCN42)ccc1Oc1ccc2c(c1)ncn2C. The molecule has 186 valence electrons. The summed E-state index contributed by atoms with van der Waals surface area (Å²) in [5.41, 5.74) is 5.85. The van der Waals surface area contributed by atoms with Crippen LogP contribution in [0, 0.1) is 6.92 Å². The molecule has 4 heterocycles. The minimum absolute atomic E-state index is 0.341. The summed E-state index contributed by atoms with van der Waals surface area (Å²) in [5.74, 6) is 3.12. The fourth-order valence-corrected chi connectivity index (χ4v) is 5.27. The molecular weight excluding hydrogens is 466 g/mol. The smallest absolute Gasteiger partial charge is 0.155 e. The van der Waals surface area contributed by atoms with Crippen molar-refractivity contribution in [1.29, 1.82) is 0 Å². The summed E-state index contributed by atoms with van der Waals surface area (Å²) in [6.07, 6.45) is 3.40. The zero-order chi connectivity index (χ0) is 24.9. The number of rotatable bonds is 4. The molecule has 37 heavy (non-hydrogen) atoms. The first-order valence-corrected chi connectivity index (χ1v) is 12.5. The predicted octanol–water partition coefficient (Wildman–Crippen LogP) is 4.53. The fraction of sp³-hybridized carbons (Fsp3) is 0.250. The lowest BCUT2D eigenvalue weighted by Gasteiger charge is -2.42.